The first-order valence-electron chi connectivity index (χ1n) is 14.4. The number of rotatable bonds is 11. The van der Waals surface area contributed by atoms with Gasteiger partial charge in [-0.2, -0.15) is 0 Å². The smallest absolute Gasteiger partial charge is 0.326 e. The molecule has 0 bridgehead atoms. The molecule has 2 amide bonds. The van der Waals surface area contributed by atoms with Crippen molar-refractivity contribution in [1.29, 1.82) is 0 Å². The lowest BCUT2D eigenvalue weighted by Crippen LogP contribution is -2.42. The molecule has 0 aliphatic heterocycles. The van der Waals surface area contributed by atoms with E-state index in [2.05, 4.69) is 26.6 Å². The maximum atomic E-state index is 13.3. The molecule has 0 aromatic heterocycles. The van der Waals surface area contributed by atoms with Crippen molar-refractivity contribution < 1.29 is 24.2 Å². The third-order valence-corrected chi connectivity index (χ3v) is 8.11. The molecular weight excluding hydrogens is 608 g/mol. The van der Waals surface area contributed by atoms with Gasteiger partial charge in [0.05, 0.1) is 11.3 Å². The number of ether oxygens (including phenoxy) is 1. The van der Waals surface area contributed by atoms with Crippen LogP contribution < -0.4 is 15.4 Å². The number of carbonyl (C=O) groups excluding carboxylic acids is 2. The molecule has 0 heterocycles. The maximum Gasteiger partial charge on any atom is 0.326 e. The van der Waals surface area contributed by atoms with Gasteiger partial charge in [0.15, 0.2) is 0 Å². The number of anilines is 1. The summed E-state index contributed by atoms with van der Waals surface area (Å²) in [5.74, 6) is -0.0746. The van der Waals surface area contributed by atoms with Gasteiger partial charge in [-0.05, 0) is 66.3 Å². The van der Waals surface area contributed by atoms with Gasteiger partial charge in [-0.3, -0.25) is 9.59 Å². The first-order chi connectivity index (χ1) is 20.9. The van der Waals surface area contributed by atoms with Crippen LogP contribution in [0.3, 0.4) is 0 Å². The number of carboxylic acid groups (broad SMARTS) is 1. The first-order valence-corrected chi connectivity index (χ1v) is 15.2. The molecule has 7 nitrogen and oxygen atoms in total. The number of nitrogens with one attached hydrogen (secondary N) is 2. The summed E-state index contributed by atoms with van der Waals surface area (Å²) in [5.41, 5.74) is 3.12. The fraction of sp³-hybridized carbons (Fsp3) is 0.229. The molecule has 0 unspecified atom stereocenters. The highest BCUT2D eigenvalue weighted by Crippen LogP contribution is 2.33. The molecule has 3 N–H and O–H groups in total. The van der Waals surface area contributed by atoms with Crippen molar-refractivity contribution in [3.63, 3.8) is 0 Å². The molecule has 5 rings (SSSR count). The Balaban J connectivity index is 1.27. The highest BCUT2D eigenvalue weighted by Gasteiger charge is 2.24. The topological polar surface area (TPSA) is 105 Å². The molecule has 220 valence electrons. The first kappa shape index (κ1) is 30.0. The third kappa shape index (κ3) is 8.11. The van der Waals surface area contributed by atoms with Crippen LogP contribution in [-0.2, 0) is 16.0 Å². The van der Waals surface area contributed by atoms with Crippen LogP contribution in [0.4, 0.5) is 5.69 Å². The number of para-hydroxylation sites is 2. The number of benzene rings is 4. The molecule has 8 heteroatoms. The Labute approximate surface area is 259 Å². The number of carboxylic acids is 1. The average molecular weight is 642 g/mol. The zero-order valence-electron chi connectivity index (χ0n) is 23.6. The fourth-order valence-corrected chi connectivity index (χ4v) is 5.75. The van der Waals surface area contributed by atoms with Crippen molar-refractivity contribution in [1.82, 2.24) is 5.32 Å². The van der Waals surface area contributed by atoms with E-state index in [1.165, 1.54) is 0 Å². The molecule has 1 aliphatic carbocycles. The van der Waals surface area contributed by atoms with Gasteiger partial charge in [0.1, 0.15) is 17.5 Å². The van der Waals surface area contributed by atoms with Crippen LogP contribution in [-0.4, -0.2) is 28.9 Å². The zero-order valence-corrected chi connectivity index (χ0v) is 25.2. The van der Waals surface area contributed by atoms with E-state index in [-0.39, 0.29) is 17.9 Å². The number of hydrogen-bond donors (Lipinski definition) is 3. The monoisotopic (exact) mass is 640 g/mol. The molecular formula is C35H33BrN2O5. The molecule has 1 aliphatic rings. The van der Waals surface area contributed by atoms with Crippen LogP contribution in [0.2, 0.25) is 0 Å². The third-order valence-electron chi connectivity index (χ3n) is 7.62. The van der Waals surface area contributed by atoms with Gasteiger partial charge >= 0.3 is 5.97 Å². The summed E-state index contributed by atoms with van der Waals surface area (Å²) in [6.45, 7) is 0. The Kier molecular flexibility index (Phi) is 9.89. The lowest BCUT2D eigenvalue weighted by Gasteiger charge is -2.18. The van der Waals surface area contributed by atoms with E-state index in [0.717, 1.165) is 48.1 Å². The summed E-state index contributed by atoms with van der Waals surface area (Å²) >= 11 is 3.38. The van der Waals surface area contributed by atoms with Gasteiger partial charge in [0, 0.05) is 22.9 Å². The number of amides is 2. The predicted molar refractivity (Wildman–Crippen MR) is 170 cm³/mol. The van der Waals surface area contributed by atoms with E-state index in [1.807, 2.05) is 78.9 Å². The van der Waals surface area contributed by atoms with E-state index in [0.29, 0.717) is 28.2 Å². The molecule has 43 heavy (non-hydrogen) atoms. The van der Waals surface area contributed by atoms with Crippen molar-refractivity contribution in [3.8, 4) is 22.6 Å². The molecule has 0 radical (unpaired) electrons. The molecule has 1 saturated carbocycles. The largest absolute Gasteiger partial charge is 0.480 e. The summed E-state index contributed by atoms with van der Waals surface area (Å²) < 4.78 is 6.74. The average Bonchev–Trinajstić information content (AvgIpc) is 3.52. The van der Waals surface area contributed by atoms with E-state index in [4.69, 9.17) is 4.74 Å². The van der Waals surface area contributed by atoms with E-state index in [9.17, 15) is 19.5 Å². The second-order valence-corrected chi connectivity index (χ2v) is 11.7. The van der Waals surface area contributed by atoms with Gasteiger partial charge in [-0.25, -0.2) is 4.79 Å². The van der Waals surface area contributed by atoms with Crippen LogP contribution in [0, 0.1) is 5.92 Å². The second kappa shape index (κ2) is 14.2. The zero-order chi connectivity index (χ0) is 30.2. The maximum absolute atomic E-state index is 13.3. The standard InChI is InChI=1S/C35H33BrN2O5/c36-26-18-19-30(37-33(39)21-23-8-4-5-9-23)29(22-26)34(40)38-31(35(41)42)20-24-14-16-25(17-15-24)28-12-6-7-13-32(28)43-27-10-2-1-3-11-27/h1-3,6-7,10-19,22-23,31H,4-5,8-9,20-21H2,(H,37,39)(H,38,40)(H,41,42)/t31-/m0/s1. The van der Waals surface area contributed by atoms with E-state index < -0.39 is 17.9 Å². The van der Waals surface area contributed by atoms with E-state index in [1.54, 1.807) is 18.2 Å². The minimum atomic E-state index is -1.17. The van der Waals surface area contributed by atoms with Gasteiger partial charge in [-0.1, -0.05) is 89.4 Å². The molecule has 1 fully saturated rings. The van der Waals surface area contributed by atoms with Crippen LogP contribution >= 0.6 is 15.9 Å². The minimum Gasteiger partial charge on any atom is -0.480 e. The summed E-state index contributed by atoms with van der Waals surface area (Å²) in [4.78, 5) is 38.2. The Hall–Kier alpha value is -4.43. The van der Waals surface area contributed by atoms with E-state index >= 15 is 0 Å². The minimum absolute atomic E-state index is 0.0842. The molecule has 4 aromatic carbocycles. The predicted octanol–water partition coefficient (Wildman–Crippen LogP) is 7.85. The quantitative estimate of drug-likeness (QED) is 0.155. The lowest BCUT2D eigenvalue weighted by molar-refractivity contribution is -0.139. The second-order valence-electron chi connectivity index (χ2n) is 10.8. The van der Waals surface area contributed by atoms with Crippen molar-refractivity contribution in [2.45, 2.75) is 44.6 Å². The molecule has 1 atom stereocenters. The van der Waals surface area contributed by atoms with Crippen molar-refractivity contribution >= 4 is 39.4 Å². The molecule has 0 saturated heterocycles. The molecule has 4 aromatic rings. The number of halogens is 1. The normalized spacial score (nSPS) is 13.7. The Morgan fingerprint density at radius 2 is 1.58 bits per heavy atom. The van der Waals surface area contributed by atoms with Crippen molar-refractivity contribution in [3.05, 3.63) is 113 Å². The highest BCUT2D eigenvalue weighted by atomic mass is 79.9. The lowest BCUT2D eigenvalue weighted by atomic mass is 9.99. The van der Waals surface area contributed by atoms with Gasteiger partial charge in [-0.15, -0.1) is 0 Å². The highest BCUT2D eigenvalue weighted by molar-refractivity contribution is 9.10. The van der Waals surface area contributed by atoms with Gasteiger partial charge in [0.25, 0.3) is 5.91 Å². The Morgan fingerprint density at radius 3 is 2.30 bits per heavy atom. The number of carbonyl (C=O) groups is 3. The van der Waals surface area contributed by atoms with Crippen LogP contribution in [0.15, 0.2) is 102 Å². The summed E-state index contributed by atoms with van der Waals surface area (Å²) in [7, 11) is 0. The summed E-state index contributed by atoms with van der Waals surface area (Å²) in [5, 5.41) is 15.5. The van der Waals surface area contributed by atoms with Crippen LogP contribution in [0.1, 0.15) is 48.0 Å². The summed E-state index contributed by atoms with van der Waals surface area (Å²) in [6.07, 6.45) is 4.85. The SMILES string of the molecule is O=C(CC1CCCC1)Nc1ccc(Br)cc1C(=O)N[C@@H](Cc1ccc(-c2ccccc2Oc2ccccc2)cc1)C(=O)O. The Morgan fingerprint density at radius 1 is 0.884 bits per heavy atom. The van der Waals surface area contributed by atoms with Crippen LogP contribution in [0.25, 0.3) is 11.1 Å². The Bertz CT molecular complexity index is 1580. The van der Waals surface area contributed by atoms with Gasteiger partial charge in [0.2, 0.25) is 5.91 Å². The van der Waals surface area contributed by atoms with Crippen molar-refractivity contribution in [2.75, 3.05) is 5.32 Å². The number of aliphatic carboxylic acids is 1. The number of hydrogen-bond acceptors (Lipinski definition) is 4. The summed E-state index contributed by atoms with van der Waals surface area (Å²) in [6, 6.07) is 28.6. The van der Waals surface area contributed by atoms with Crippen LogP contribution in [0.5, 0.6) is 11.5 Å². The van der Waals surface area contributed by atoms with Crippen molar-refractivity contribution in [2.24, 2.45) is 5.92 Å². The molecule has 0 spiro atoms. The fourth-order valence-electron chi connectivity index (χ4n) is 5.39. The van der Waals surface area contributed by atoms with Gasteiger partial charge < -0.3 is 20.5 Å².